The first-order valence-corrected chi connectivity index (χ1v) is 7.07. The largest absolute Gasteiger partial charge is 0.349 e. The first-order chi connectivity index (χ1) is 9.62. The van der Waals surface area contributed by atoms with Crippen LogP contribution in [0, 0.1) is 0 Å². The fraction of sp³-hybridized carbons (Fsp3) is 0.250. The molecule has 1 aromatic carbocycles. The first-order valence-electron chi connectivity index (χ1n) is 6.25. The fourth-order valence-corrected chi connectivity index (χ4v) is 2.53. The molecule has 2 rings (SSSR count). The average molecular weight is 304 g/mol. The Morgan fingerprint density at radius 2 is 1.70 bits per heavy atom. The van der Waals surface area contributed by atoms with Crippen molar-refractivity contribution in [2.45, 2.75) is 12.2 Å². The molecule has 1 aromatic rings. The molecule has 1 aliphatic carbocycles. The van der Waals surface area contributed by atoms with Crippen LogP contribution in [0.25, 0.3) is 0 Å². The Labute approximate surface area is 130 Å². The van der Waals surface area contributed by atoms with Gasteiger partial charge in [0.2, 0.25) is 0 Å². The third-order valence-corrected chi connectivity index (χ3v) is 4.33. The van der Waals surface area contributed by atoms with Gasteiger partial charge in [0.05, 0.1) is 9.73 Å². The normalized spacial score (nSPS) is 16.6. The van der Waals surface area contributed by atoms with E-state index in [4.69, 9.17) is 33.9 Å². The molecule has 2 nitrogen and oxygen atoms in total. The van der Waals surface area contributed by atoms with Gasteiger partial charge in [0.25, 0.3) is 0 Å². The highest BCUT2D eigenvalue weighted by molar-refractivity contribution is 7.90. The van der Waals surface area contributed by atoms with Crippen LogP contribution in [0.3, 0.4) is 0 Å². The minimum absolute atomic E-state index is 0.614. The lowest BCUT2D eigenvalue weighted by Gasteiger charge is -2.29. The average Bonchev–Trinajstić information content (AvgIpc) is 2.54. The van der Waals surface area contributed by atoms with Crippen molar-refractivity contribution in [1.29, 1.82) is 0 Å². The summed E-state index contributed by atoms with van der Waals surface area (Å²) in [6.07, 6.45) is 6.41. The van der Waals surface area contributed by atoms with Gasteiger partial charge in [-0.2, -0.15) is 0 Å². The van der Waals surface area contributed by atoms with E-state index >= 15 is 0 Å². The number of hydrogen-bond donors (Lipinski definition) is 0. The predicted molar refractivity (Wildman–Crippen MR) is 89.3 cm³/mol. The van der Waals surface area contributed by atoms with E-state index in [2.05, 4.69) is 0 Å². The summed E-state index contributed by atoms with van der Waals surface area (Å²) in [5.41, 5.74) is 1.91. The fourth-order valence-electron chi connectivity index (χ4n) is 2.01. The monoisotopic (exact) mass is 304 g/mol. The zero-order valence-corrected chi connectivity index (χ0v) is 13.1. The van der Waals surface area contributed by atoms with Crippen LogP contribution in [-0.2, 0) is 9.47 Å². The Kier molecular flexibility index (Phi) is 4.94. The van der Waals surface area contributed by atoms with Crippen LogP contribution in [0.1, 0.15) is 12.0 Å². The quantitative estimate of drug-likeness (QED) is 0.469. The van der Waals surface area contributed by atoms with E-state index in [1.165, 1.54) is 0 Å². The van der Waals surface area contributed by atoms with E-state index < -0.39 is 5.79 Å². The molecule has 4 heteroatoms. The van der Waals surface area contributed by atoms with Gasteiger partial charge in [0.15, 0.2) is 5.79 Å². The van der Waals surface area contributed by atoms with Crippen molar-refractivity contribution >= 4 is 34.2 Å². The Balaban J connectivity index is 2.15. The predicted octanol–water partition coefficient (Wildman–Crippen LogP) is 3.65. The number of hydrogen-bond acceptors (Lipinski definition) is 4. The minimum atomic E-state index is -0.687. The molecule has 0 aromatic heterocycles. The topological polar surface area (TPSA) is 18.5 Å². The van der Waals surface area contributed by atoms with Crippen LogP contribution in [-0.4, -0.2) is 29.7 Å². The molecular formula is C16H16O2S2. The number of ether oxygens (including phenoxy) is 2. The maximum Gasteiger partial charge on any atom is 0.190 e. The van der Waals surface area contributed by atoms with Gasteiger partial charge in [-0.1, -0.05) is 66.9 Å². The molecule has 0 heterocycles. The number of allylic oxidation sites excluding steroid dienone is 2. The Morgan fingerprint density at radius 3 is 2.20 bits per heavy atom. The minimum Gasteiger partial charge on any atom is -0.349 e. The van der Waals surface area contributed by atoms with Crippen LogP contribution in [0.2, 0.25) is 0 Å². The molecule has 0 spiro atoms. The van der Waals surface area contributed by atoms with Gasteiger partial charge in [0, 0.05) is 20.6 Å². The van der Waals surface area contributed by atoms with E-state index in [1.807, 2.05) is 48.6 Å². The second kappa shape index (κ2) is 6.50. The molecule has 0 bridgehead atoms. The highest BCUT2D eigenvalue weighted by Gasteiger charge is 2.28. The zero-order valence-electron chi connectivity index (χ0n) is 11.5. The summed E-state index contributed by atoms with van der Waals surface area (Å²) in [6, 6.07) is 9.81. The van der Waals surface area contributed by atoms with Crippen molar-refractivity contribution in [2.24, 2.45) is 0 Å². The molecule has 0 atom stereocenters. The standard InChI is InChI=1S/C16H16O2S2/c1-17-16(18-2)10-8-13(9-11-16)15(20)14(19)12-6-4-3-5-7-12/h3-10H,11H2,1-2H3. The van der Waals surface area contributed by atoms with E-state index in [9.17, 15) is 0 Å². The molecule has 20 heavy (non-hydrogen) atoms. The van der Waals surface area contributed by atoms with Gasteiger partial charge in [-0.3, -0.25) is 0 Å². The summed E-state index contributed by atoms with van der Waals surface area (Å²) >= 11 is 10.9. The second-order valence-electron chi connectivity index (χ2n) is 4.44. The zero-order chi connectivity index (χ0) is 14.6. The smallest absolute Gasteiger partial charge is 0.190 e. The van der Waals surface area contributed by atoms with Crippen molar-refractivity contribution in [3.63, 3.8) is 0 Å². The van der Waals surface area contributed by atoms with Gasteiger partial charge in [-0.25, -0.2) is 0 Å². The number of thiocarbonyl (C=S) groups is 2. The van der Waals surface area contributed by atoms with Gasteiger partial charge in [0.1, 0.15) is 0 Å². The van der Waals surface area contributed by atoms with Crippen LogP contribution < -0.4 is 0 Å². The van der Waals surface area contributed by atoms with Crippen LogP contribution in [0.4, 0.5) is 0 Å². The van der Waals surface area contributed by atoms with Crippen LogP contribution in [0.5, 0.6) is 0 Å². The highest BCUT2D eigenvalue weighted by Crippen LogP contribution is 2.26. The third-order valence-electron chi connectivity index (χ3n) is 3.32. The lowest BCUT2D eigenvalue weighted by molar-refractivity contribution is -0.167. The Hall–Kier alpha value is -1.20. The number of methoxy groups -OCH3 is 2. The summed E-state index contributed by atoms with van der Waals surface area (Å²) in [4.78, 5) is 1.38. The van der Waals surface area contributed by atoms with Gasteiger partial charge < -0.3 is 9.47 Å². The summed E-state index contributed by atoms with van der Waals surface area (Å²) in [5, 5.41) is 0. The molecule has 0 amide bonds. The molecule has 0 unspecified atom stereocenters. The summed E-state index contributed by atoms with van der Waals surface area (Å²) in [5.74, 6) is -0.687. The molecule has 0 fully saturated rings. The van der Waals surface area contributed by atoms with Crippen molar-refractivity contribution < 1.29 is 9.47 Å². The van der Waals surface area contributed by atoms with E-state index in [1.54, 1.807) is 14.2 Å². The summed E-state index contributed by atoms with van der Waals surface area (Å²) < 4.78 is 10.7. The lowest BCUT2D eigenvalue weighted by atomic mass is 9.96. The maximum absolute atomic E-state index is 5.48. The molecule has 0 aliphatic heterocycles. The Bertz CT molecular complexity index is 569. The first kappa shape index (κ1) is 15.2. The lowest BCUT2D eigenvalue weighted by Crippen LogP contribution is -2.32. The number of benzene rings is 1. The Morgan fingerprint density at radius 1 is 1.05 bits per heavy atom. The SMILES string of the molecule is COC1(OC)C=CC(C(=S)C(=S)c2ccccc2)=CC1. The second-order valence-corrected chi connectivity index (χ2v) is 5.26. The molecule has 0 saturated carbocycles. The van der Waals surface area contributed by atoms with Crippen LogP contribution in [0.15, 0.2) is 54.1 Å². The maximum atomic E-state index is 5.48. The molecule has 0 radical (unpaired) electrons. The molecule has 1 aliphatic rings. The van der Waals surface area contributed by atoms with E-state index in [0.29, 0.717) is 16.1 Å². The highest BCUT2D eigenvalue weighted by atomic mass is 32.1. The van der Waals surface area contributed by atoms with Crippen molar-refractivity contribution in [3.05, 3.63) is 59.7 Å². The van der Waals surface area contributed by atoms with Crippen molar-refractivity contribution in [2.75, 3.05) is 14.2 Å². The molecule has 0 saturated heterocycles. The summed E-state index contributed by atoms with van der Waals surface area (Å²) in [7, 11) is 3.25. The van der Waals surface area contributed by atoms with Crippen LogP contribution >= 0.6 is 24.4 Å². The summed E-state index contributed by atoms with van der Waals surface area (Å²) in [6.45, 7) is 0. The van der Waals surface area contributed by atoms with Gasteiger partial charge in [-0.15, -0.1) is 0 Å². The molecule has 104 valence electrons. The van der Waals surface area contributed by atoms with Gasteiger partial charge in [-0.05, 0) is 17.2 Å². The number of rotatable bonds is 5. The van der Waals surface area contributed by atoms with Gasteiger partial charge >= 0.3 is 0 Å². The van der Waals surface area contributed by atoms with Crippen molar-refractivity contribution in [3.8, 4) is 0 Å². The van der Waals surface area contributed by atoms with Crippen molar-refractivity contribution in [1.82, 2.24) is 0 Å². The van der Waals surface area contributed by atoms with E-state index in [-0.39, 0.29) is 0 Å². The van der Waals surface area contributed by atoms with E-state index in [0.717, 1.165) is 11.1 Å². The third kappa shape index (κ3) is 3.10. The molecular weight excluding hydrogens is 288 g/mol. The molecule has 0 N–H and O–H groups in total.